The predicted molar refractivity (Wildman–Crippen MR) is 179 cm³/mol. The van der Waals surface area contributed by atoms with Gasteiger partial charge in [0, 0.05) is 49.2 Å². The minimum absolute atomic E-state index is 0.0734. The second-order valence-corrected chi connectivity index (χ2v) is 12.8. The van der Waals surface area contributed by atoms with Crippen LogP contribution in [-0.4, -0.2) is 12.1 Å². The quantitative estimate of drug-likeness (QED) is 0.227. The van der Waals surface area contributed by atoms with Gasteiger partial charge in [0.05, 0.1) is 6.10 Å². The van der Waals surface area contributed by atoms with Crippen LogP contribution in [0, 0.1) is 0 Å². The van der Waals surface area contributed by atoms with Crippen LogP contribution in [0.2, 0.25) is 0 Å². The van der Waals surface area contributed by atoms with E-state index < -0.39 is 0 Å². The molecule has 1 N–H and O–H groups in total. The largest absolute Gasteiger partial charge is 0.353 e. The van der Waals surface area contributed by atoms with Crippen molar-refractivity contribution in [3.63, 3.8) is 0 Å². The first-order chi connectivity index (χ1) is 21.3. The van der Waals surface area contributed by atoms with Crippen LogP contribution in [0.1, 0.15) is 35.3 Å². The Kier molecular flexibility index (Phi) is 5.86. The Bertz CT molecular complexity index is 2040. The van der Waals surface area contributed by atoms with E-state index in [1.807, 2.05) is 11.3 Å². The number of anilines is 3. The van der Waals surface area contributed by atoms with Crippen molar-refractivity contribution >= 4 is 54.6 Å². The third-order valence-electron chi connectivity index (χ3n) is 9.21. The molecule has 0 amide bonds. The van der Waals surface area contributed by atoms with E-state index in [4.69, 9.17) is 4.74 Å². The standard InChI is InChI=1S/C39H30N2OS/c1-3-9-27(10-4-1)39-40-34-22-18-26-16-15-25-17-19-29(23-33(25)37(26)38(34)42-39)41(28-11-5-2-6-12-28)30-20-21-32-31-13-7-8-14-35(31)43-36(32)24-30/h1-21,23-24,34,37-40H,22H2. The van der Waals surface area contributed by atoms with Gasteiger partial charge in [-0.1, -0.05) is 97.1 Å². The molecule has 0 saturated carbocycles. The summed E-state index contributed by atoms with van der Waals surface area (Å²) in [6, 6.07) is 44.1. The monoisotopic (exact) mass is 574 g/mol. The maximum absolute atomic E-state index is 6.83. The van der Waals surface area contributed by atoms with Crippen molar-refractivity contribution in [1.82, 2.24) is 5.32 Å². The minimum Gasteiger partial charge on any atom is -0.353 e. The Morgan fingerprint density at radius 1 is 0.674 bits per heavy atom. The smallest absolute Gasteiger partial charge is 0.135 e. The van der Waals surface area contributed by atoms with Crippen LogP contribution in [0.3, 0.4) is 0 Å². The van der Waals surface area contributed by atoms with Crippen molar-refractivity contribution in [2.45, 2.75) is 30.7 Å². The van der Waals surface area contributed by atoms with Gasteiger partial charge in [-0.3, -0.25) is 5.32 Å². The molecule has 6 aromatic rings. The highest BCUT2D eigenvalue weighted by Crippen LogP contribution is 2.48. The Hall–Kier alpha value is -4.48. The predicted octanol–water partition coefficient (Wildman–Crippen LogP) is 10.0. The molecule has 2 aliphatic carbocycles. The maximum atomic E-state index is 6.83. The Labute approximate surface area is 255 Å². The third kappa shape index (κ3) is 4.17. The first-order valence-corrected chi connectivity index (χ1v) is 15.9. The van der Waals surface area contributed by atoms with E-state index in [0.29, 0.717) is 0 Å². The van der Waals surface area contributed by atoms with Crippen molar-refractivity contribution in [3.05, 3.63) is 156 Å². The van der Waals surface area contributed by atoms with Gasteiger partial charge < -0.3 is 9.64 Å². The van der Waals surface area contributed by atoms with Crippen LogP contribution in [-0.2, 0) is 4.74 Å². The summed E-state index contributed by atoms with van der Waals surface area (Å²) >= 11 is 1.86. The van der Waals surface area contributed by atoms with Crippen molar-refractivity contribution < 1.29 is 4.74 Å². The van der Waals surface area contributed by atoms with E-state index in [0.717, 1.165) is 23.5 Å². The van der Waals surface area contributed by atoms with E-state index in [1.165, 1.54) is 42.4 Å². The second-order valence-electron chi connectivity index (χ2n) is 11.7. The number of ether oxygens (including phenoxy) is 1. The van der Waals surface area contributed by atoms with Gasteiger partial charge in [0.15, 0.2) is 0 Å². The second kappa shape index (κ2) is 10.1. The lowest BCUT2D eigenvalue weighted by Crippen LogP contribution is -2.38. The van der Waals surface area contributed by atoms with Crippen LogP contribution in [0.15, 0.2) is 139 Å². The number of hydrogen-bond donors (Lipinski definition) is 1. The summed E-state index contributed by atoms with van der Waals surface area (Å²) in [5.41, 5.74) is 8.62. The summed E-state index contributed by atoms with van der Waals surface area (Å²) in [4.78, 5) is 2.40. The molecule has 5 aromatic carbocycles. The third-order valence-corrected chi connectivity index (χ3v) is 10.3. The number of nitrogens with zero attached hydrogens (tertiary/aromatic N) is 1. The van der Waals surface area contributed by atoms with Gasteiger partial charge >= 0.3 is 0 Å². The average molecular weight is 575 g/mol. The maximum Gasteiger partial charge on any atom is 0.135 e. The van der Waals surface area contributed by atoms with Crippen molar-refractivity contribution in [2.75, 3.05) is 4.90 Å². The zero-order valence-corrected chi connectivity index (χ0v) is 24.4. The summed E-state index contributed by atoms with van der Waals surface area (Å²) in [7, 11) is 0. The van der Waals surface area contributed by atoms with Crippen LogP contribution in [0.5, 0.6) is 0 Å². The number of rotatable bonds is 4. The SMILES string of the molecule is C1=Cc2ccc(N(c3ccccc3)c3ccc4c(c3)sc3ccccc34)cc2C2C1=CCC1NC(c3ccccc3)OC12. The molecule has 0 radical (unpaired) electrons. The Morgan fingerprint density at radius 2 is 1.42 bits per heavy atom. The molecule has 208 valence electrons. The first-order valence-electron chi connectivity index (χ1n) is 15.1. The fourth-order valence-corrected chi connectivity index (χ4v) is 8.33. The molecular weight excluding hydrogens is 545 g/mol. The normalized spacial score (nSPS) is 22.2. The number of fused-ring (bicyclic) bond motifs is 8. The molecule has 0 spiro atoms. The molecule has 4 unspecified atom stereocenters. The Balaban J connectivity index is 1.15. The average Bonchev–Trinajstić information content (AvgIpc) is 3.67. The molecule has 1 saturated heterocycles. The lowest BCUT2D eigenvalue weighted by Gasteiger charge is -2.36. The van der Waals surface area contributed by atoms with Crippen LogP contribution < -0.4 is 10.2 Å². The van der Waals surface area contributed by atoms with E-state index in [9.17, 15) is 0 Å². The highest BCUT2D eigenvalue weighted by atomic mass is 32.1. The first kappa shape index (κ1) is 25.1. The molecule has 3 aliphatic rings. The van der Waals surface area contributed by atoms with Gasteiger partial charge in [-0.15, -0.1) is 11.3 Å². The van der Waals surface area contributed by atoms with Crippen molar-refractivity contribution in [3.8, 4) is 0 Å². The summed E-state index contributed by atoms with van der Waals surface area (Å²) in [5.74, 6) is 0.183. The number of benzene rings is 5. The number of hydrogen-bond acceptors (Lipinski definition) is 4. The molecule has 1 aromatic heterocycles. The molecule has 4 heteroatoms. The lowest BCUT2D eigenvalue weighted by atomic mass is 9.74. The van der Waals surface area contributed by atoms with Gasteiger partial charge in [-0.25, -0.2) is 0 Å². The number of thiophene rings is 1. The van der Waals surface area contributed by atoms with E-state index in [2.05, 4.69) is 150 Å². The highest BCUT2D eigenvalue weighted by molar-refractivity contribution is 7.25. The summed E-state index contributed by atoms with van der Waals surface area (Å²) in [5, 5.41) is 6.43. The topological polar surface area (TPSA) is 24.5 Å². The Morgan fingerprint density at radius 3 is 2.30 bits per heavy atom. The molecule has 1 aliphatic heterocycles. The number of allylic oxidation sites excluding steroid dienone is 1. The van der Waals surface area contributed by atoms with Crippen molar-refractivity contribution in [2.24, 2.45) is 0 Å². The van der Waals surface area contributed by atoms with Crippen molar-refractivity contribution in [1.29, 1.82) is 0 Å². The molecule has 1 fully saturated rings. The van der Waals surface area contributed by atoms with Crippen LogP contribution >= 0.6 is 11.3 Å². The molecule has 0 bridgehead atoms. The fourth-order valence-electron chi connectivity index (χ4n) is 7.19. The van der Waals surface area contributed by atoms with Gasteiger partial charge in [-0.05, 0) is 71.1 Å². The van der Waals surface area contributed by atoms with Gasteiger partial charge in [0.2, 0.25) is 0 Å². The molecule has 43 heavy (non-hydrogen) atoms. The van der Waals surface area contributed by atoms with Crippen LogP contribution in [0.4, 0.5) is 17.1 Å². The van der Waals surface area contributed by atoms with E-state index >= 15 is 0 Å². The van der Waals surface area contributed by atoms with E-state index in [1.54, 1.807) is 0 Å². The summed E-state index contributed by atoms with van der Waals surface area (Å²) in [6.07, 6.45) is 7.94. The minimum atomic E-state index is -0.0876. The van der Waals surface area contributed by atoms with Gasteiger partial charge in [0.1, 0.15) is 6.23 Å². The molecule has 4 atom stereocenters. The summed E-state index contributed by atoms with van der Waals surface area (Å²) < 4.78 is 9.46. The summed E-state index contributed by atoms with van der Waals surface area (Å²) in [6.45, 7) is 0. The zero-order chi connectivity index (χ0) is 28.3. The molecule has 2 heterocycles. The van der Waals surface area contributed by atoms with Crippen LogP contribution in [0.25, 0.3) is 26.2 Å². The molecular formula is C39H30N2OS. The van der Waals surface area contributed by atoms with E-state index in [-0.39, 0.29) is 24.3 Å². The van der Waals surface area contributed by atoms with Gasteiger partial charge in [-0.2, -0.15) is 0 Å². The number of para-hydroxylation sites is 1. The lowest BCUT2D eigenvalue weighted by molar-refractivity contribution is 0.0256. The molecule has 9 rings (SSSR count). The molecule has 3 nitrogen and oxygen atoms in total. The van der Waals surface area contributed by atoms with Gasteiger partial charge in [0.25, 0.3) is 0 Å². The highest BCUT2D eigenvalue weighted by Gasteiger charge is 2.44. The number of nitrogens with one attached hydrogen (secondary N) is 1. The zero-order valence-electron chi connectivity index (χ0n) is 23.6. The fraction of sp³-hybridized carbons (Fsp3) is 0.128.